The summed E-state index contributed by atoms with van der Waals surface area (Å²) in [4.78, 5) is 17.1. The molecule has 0 aliphatic heterocycles. The Balaban J connectivity index is 1.56. The van der Waals surface area contributed by atoms with Crippen LogP contribution in [0.15, 0.2) is 91.3 Å². The molecule has 0 bridgehead atoms. The number of ether oxygens (including phenoxy) is 1. The number of nitrogens with zero attached hydrogens (tertiary/aromatic N) is 1. The third kappa shape index (κ3) is 5.10. The third-order valence-corrected chi connectivity index (χ3v) is 5.59. The van der Waals surface area contributed by atoms with E-state index in [0.717, 1.165) is 11.1 Å². The number of halogens is 2. The summed E-state index contributed by atoms with van der Waals surface area (Å²) in [7, 11) is 1.58. The summed E-state index contributed by atoms with van der Waals surface area (Å²) in [6.45, 7) is 0. The molecule has 1 heterocycles. The number of carbonyl (C=O) groups excluding carboxylic acids is 1. The molecule has 1 atom stereocenters. The zero-order valence-corrected chi connectivity index (χ0v) is 18.4. The highest BCUT2D eigenvalue weighted by molar-refractivity contribution is 5.96. The number of anilines is 1. The van der Waals surface area contributed by atoms with Crippen molar-refractivity contribution in [1.29, 1.82) is 0 Å². The SMILES string of the molecule is COc1cnccc1-c1ccc(NC(=O)C(N)C(c2ccc(F)cc2)c2ccc(F)cc2)cc1. The van der Waals surface area contributed by atoms with E-state index in [1.165, 1.54) is 24.3 Å². The lowest BCUT2D eigenvalue weighted by molar-refractivity contribution is -0.117. The molecule has 172 valence electrons. The molecule has 4 rings (SSSR count). The summed E-state index contributed by atoms with van der Waals surface area (Å²) >= 11 is 0. The summed E-state index contributed by atoms with van der Waals surface area (Å²) in [5.74, 6) is -1.17. The Morgan fingerprint density at radius 1 is 0.882 bits per heavy atom. The maximum atomic E-state index is 13.5. The van der Waals surface area contributed by atoms with Gasteiger partial charge in [0.05, 0.1) is 19.3 Å². The average Bonchev–Trinajstić information content (AvgIpc) is 2.87. The summed E-state index contributed by atoms with van der Waals surface area (Å²) in [6, 6.07) is 19.6. The normalized spacial score (nSPS) is 11.8. The Labute approximate surface area is 196 Å². The molecule has 7 heteroatoms. The molecule has 3 aromatic carbocycles. The first-order valence-corrected chi connectivity index (χ1v) is 10.6. The van der Waals surface area contributed by atoms with Crippen molar-refractivity contribution in [2.75, 3.05) is 12.4 Å². The van der Waals surface area contributed by atoms with Crippen LogP contribution in [0.25, 0.3) is 11.1 Å². The molecule has 0 saturated carbocycles. The van der Waals surface area contributed by atoms with Crippen molar-refractivity contribution >= 4 is 11.6 Å². The second-order valence-corrected chi connectivity index (χ2v) is 7.75. The largest absolute Gasteiger partial charge is 0.494 e. The van der Waals surface area contributed by atoms with Crippen molar-refractivity contribution < 1.29 is 18.3 Å². The van der Waals surface area contributed by atoms with Crippen molar-refractivity contribution in [3.05, 3.63) is 114 Å². The van der Waals surface area contributed by atoms with Gasteiger partial charge < -0.3 is 15.8 Å². The van der Waals surface area contributed by atoms with Crippen LogP contribution in [-0.2, 0) is 4.79 Å². The van der Waals surface area contributed by atoms with Crippen molar-refractivity contribution in [2.24, 2.45) is 5.73 Å². The first kappa shape index (κ1) is 23.1. The Morgan fingerprint density at radius 3 is 1.97 bits per heavy atom. The molecule has 0 radical (unpaired) electrons. The van der Waals surface area contributed by atoms with E-state index in [2.05, 4.69) is 10.3 Å². The highest BCUT2D eigenvalue weighted by atomic mass is 19.1. The number of amides is 1. The standard InChI is InChI=1S/C27H23F2N3O2/c1-34-24-16-31-15-14-23(24)17-6-12-22(13-7-17)32-27(33)26(30)25(18-2-8-20(28)9-3-18)19-4-10-21(29)11-5-19/h2-16,25-26H,30H2,1H3,(H,32,33). The number of hydrogen-bond acceptors (Lipinski definition) is 4. The topological polar surface area (TPSA) is 77.2 Å². The summed E-state index contributed by atoms with van der Waals surface area (Å²) in [5, 5.41) is 2.84. The number of hydrogen-bond donors (Lipinski definition) is 2. The van der Waals surface area contributed by atoms with E-state index in [9.17, 15) is 13.6 Å². The van der Waals surface area contributed by atoms with E-state index in [0.29, 0.717) is 22.6 Å². The summed E-state index contributed by atoms with van der Waals surface area (Å²) < 4.78 is 32.3. The van der Waals surface area contributed by atoms with Gasteiger partial charge in [-0.25, -0.2) is 8.78 Å². The van der Waals surface area contributed by atoms with Gasteiger partial charge in [-0.2, -0.15) is 0 Å². The zero-order valence-electron chi connectivity index (χ0n) is 18.4. The predicted octanol–water partition coefficient (Wildman–Crippen LogP) is 5.13. The Morgan fingerprint density at radius 2 is 1.44 bits per heavy atom. The number of carbonyl (C=O) groups is 1. The molecule has 0 saturated heterocycles. The lowest BCUT2D eigenvalue weighted by atomic mass is 9.85. The highest BCUT2D eigenvalue weighted by Crippen LogP contribution is 2.31. The van der Waals surface area contributed by atoms with Crippen LogP contribution in [0.3, 0.4) is 0 Å². The molecular weight excluding hydrogens is 436 g/mol. The predicted molar refractivity (Wildman–Crippen MR) is 127 cm³/mol. The van der Waals surface area contributed by atoms with Crippen molar-refractivity contribution in [3.8, 4) is 16.9 Å². The molecule has 1 unspecified atom stereocenters. The highest BCUT2D eigenvalue weighted by Gasteiger charge is 2.28. The van der Waals surface area contributed by atoms with Crippen LogP contribution < -0.4 is 15.8 Å². The minimum Gasteiger partial charge on any atom is -0.494 e. The number of methoxy groups -OCH3 is 1. The molecule has 1 aromatic heterocycles. The van der Waals surface area contributed by atoms with Crippen LogP contribution in [0.2, 0.25) is 0 Å². The maximum absolute atomic E-state index is 13.5. The van der Waals surface area contributed by atoms with E-state index < -0.39 is 29.5 Å². The quantitative estimate of drug-likeness (QED) is 0.402. The summed E-state index contributed by atoms with van der Waals surface area (Å²) in [6.07, 6.45) is 3.31. The lowest BCUT2D eigenvalue weighted by Gasteiger charge is -2.24. The Hall–Kier alpha value is -4.10. The van der Waals surface area contributed by atoms with Crippen molar-refractivity contribution in [1.82, 2.24) is 4.98 Å². The van der Waals surface area contributed by atoms with Gasteiger partial charge in [0.15, 0.2) is 0 Å². The fourth-order valence-corrected chi connectivity index (χ4v) is 3.84. The van der Waals surface area contributed by atoms with Gasteiger partial charge in [0, 0.05) is 23.4 Å². The molecule has 1 amide bonds. The Bertz CT molecular complexity index is 1220. The van der Waals surface area contributed by atoms with Crippen LogP contribution in [0, 0.1) is 11.6 Å². The first-order valence-electron chi connectivity index (χ1n) is 10.6. The number of nitrogens with two attached hydrogens (primary N) is 1. The van der Waals surface area contributed by atoms with Gasteiger partial charge in [0.25, 0.3) is 0 Å². The van der Waals surface area contributed by atoms with Crippen LogP contribution in [0.4, 0.5) is 14.5 Å². The molecule has 0 spiro atoms. The number of benzene rings is 3. The van der Waals surface area contributed by atoms with Gasteiger partial charge in [0.2, 0.25) is 5.91 Å². The van der Waals surface area contributed by atoms with E-state index in [4.69, 9.17) is 10.5 Å². The average molecular weight is 459 g/mol. The van der Waals surface area contributed by atoms with Crippen LogP contribution in [0.5, 0.6) is 5.75 Å². The molecule has 4 aromatic rings. The minimum absolute atomic E-state index is 0.398. The Kier molecular flexibility index (Phi) is 6.94. The zero-order chi connectivity index (χ0) is 24.1. The van der Waals surface area contributed by atoms with Crippen LogP contribution in [-0.4, -0.2) is 24.0 Å². The number of nitrogens with one attached hydrogen (secondary N) is 1. The van der Waals surface area contributed by atoms with E-state index in [-0.39, 0.29) is 0 Å². The van der Waals surface area contributed by atoms with Gasteiger partial charge >= 0.3 is 0 Å². The monoisotopic (exact) mass is 459 g/mol. The molecule has 0 aliphatic carbocycles. The smallest absolute Gasteiger partial charge is 0.242 e. The van der Waals surface area contributed by atoms with E-state index >= 15 is 0 Å². The second-order valence-electron chi connectivity index (χ2n) is 7.75. The number of aromatic nitrogens is 1. The fraction of sp³-hybridized carbons (Fsp3) is 0.111. The van der Waals surface area contributed by atoms with Crippen molar-refractivity contribution in [3.63, 3.8) is 0 Å². The van der Waals surface area contributed by atoms with E-state index in [1.807, 2.05) is 18.2 Å². The molecule has 3 N–H and O–H groups in total. The fourth-order valence-electron chi connectivity index (χ4n) is 3.84. The van der Waals surface area contributed by atoms with Gasteiger partial charge in [-0.3, -0.25) is 9.78 Å². The third-order valence-electron chi connectivity index (χ3n) is 5.59. The molecule has 34 heavy (non-hydrogen) atoms. The van der Waals surface area contributed by atoms with Gasteiger partial charge in [-0.1, -0.05) is 36.4 Å². The maximum Gasteiger partial charge on any atom is 0.242 e. The molecule has 0 aliphatic rings. The van der Waals surface area contributed by atoms with Crippen LogP contribution in [0.1, 0.15) is 17.0 Å². The number of rotatable bonds is 7. The van der Waals surface area contributed by atoms with E-state index in [1.54, 1.807) is 55.9 Å². The molecule has 5 nitrogen and oxygen atoms in total. The molecule has 0 fully saturated rings. The second kappa shape index (κ2) is 10.2. The summed E-state index contributed by atoms with van der Waals surface area (Å²) in [5.41, 5.74) is 10.0. The van der Waals surface area contributed by atoms with Gasteiger partial charge in [0.1, 0.15) is 17.4 Å². The van der Waals surface area contributed by atoms with Gasteiger partial charge in [-0.05, 0) is 59.2 Å². The van der Waals surface area contributed by atoms with Crippen LogP contribution >= 0.6 is 0 Å². The molecular formula is C27H23F2N3O2. The van der Waals surface area contributed by atoms with Crippen molar-refractivity contribution in [2.45, 2.75) is 12.0 Å². The first-order chi connectivity index (χ1) is 16.5. The minimum atomic E-state index is -1.00. The van der Waals surface area contributed by atoms with Gasteiger partial charge in [-0.15, -0.1) is 0 Å². The lowest BCUT2D eigenvalue weighted by Crippen LogP contribution is -2.41. The number of pyridine rings is 1.